The molecule has 1 aliphatic rings. The van der Waals surface area contributed by atoms with E-state index in [0.29, 0.717) is 18.8 Å². The highest BCUT2D eigenvalue weighted by atomic mass is 16.5. The third kappa shape index (κ3) is 2.73. The molecule has 5 nitrogen and oxygen atoms in total. The summed E-state index contributed by atoms with van der Waals surface area (Å²) in [5.41, 5.74) is 0.659. The maximum atomic E-state index is 12.3. The largest absolute Gasteiger partial charge is 0.367 e. The van der Waals surface area contributed by atoms with E-state index in [4.69, 9.17) is 4.74 Å². The van der Waals surface area contributed by atoms with Crippen molar-refractivity contribution in [3.8, 4) is 0 Å². The van der Waals surface area contributed by atoms with Crippen LogP contribution in [0.1, 0.15) is 23.8 Å². The van der Waals surface area contributed by atoms with Crippen LogP contribution in [0.5, 0.6) is 0 Å². The Balaban J connectivity index is 2.10. The number of ketones is 1. The minimum absolute atomic E-state index is 0.0440. The summed E-state index contributed by atoms with van der Waals surface area (Å²) in [6.07, 6.45) is 2.30. The molecule has 0 bridgehead atoms. The number of Topliss-reactive ketones (excluding diaryl/α,β-unsaturated/α-hetero) is 1. The molecule has 0 N–H and O–H groups in total. The molecule has 94 valence electrons. The van der Waals surface area contributed by atoms with Gasteiger partial charge in [-0.2, -0.15) is 5.10 Å². The second-order valence-electron chi connectivity index (χ2n) is 4.43. The number of ether oxygens (including phenoxy) is 1. The van der Waals surface area contributed by atoms with Crippen molar-refractivity contribution in [1.29, 1.82) is 0 Å². The zero-order valence-electron chi connectivity index (χ0n) is 10.4. The highest BCUT2D eigenvalue weighted by molar-refractivity contribution is 5.98. The zero-order valence-corrected chi connectivity index (χ0v) is 10.4. The highest BCUT2D eigenvalue weighted by Gasteiger charge is 2.27. The van der Waals surface area contributed by atoms with E-state index in [2.05, 4.69) is 16.9 Å². The van der Waals surface area contributed by atoms with Crippen LogP contribution in [0.15, 0.2) is 12.3 Å². The smallest absolute Gasteiger partial charge is 0.210 e. The molecule has 0 aromatic carbocycles. The molecule has 2 rings (SSSR count). The SMILES string of the molecule is CCCn1nccc1C(=O)C1CN(C)CCO1. The molecule has 0 radical (unpaired) electrons. The van der Waals surface area contributed by atoms with Crippen LogP contribution in [0.2, 0.25) is 0 Å². The Kier molecular flexibility index (Phi) is 3.91. The highest BCUT2D eigenvalue weighted by Crippen LogP contribution is 2.11. The summed E-state index contributed by atoms with van der Waals surface area (Å²) in [4.78, 5) is 14.4. The van der Waals surface area contributed by atoms with Crippen LogP contribution in [-0.2, 0) is 11.3 Å². The van der Waals surface area contributed by atoms with Gasteiger partial charge in [-0.1, -0.05) is 6.92 Å². The third-order valence-electron chi connectivity index (χ3n) is 2.97. The quantitative estimate of drug-likeness (QED) is 0.727. The normalized spacial score (nSPS) is 21.6. The Hall–Kier alpha value is -1.20. The molecule has 1 unspecified atom stereocenters. The molecule has 2 heterocycles. The lowest BCUT2D eigenvalue weighted by molar-refractivity contribution is -0.00918. The maximum absolute atomic E-state index is 12.3. The average molecular weight is 237 g/mol. The van der Waals surface area contributed by atoms with Crippen molar-refractivity contribution in [1.82, 2.24) is 14.7 Å². The van der Waals surface area contributed by atoms with Crippen molar-refractivity contribution in [2.45, 2.75) is 26.0 Å². The number of morpholine rings is 1. The van der Waals surface area contributed by atoms with E-state index < -0.39 is 0 Å². The molecule has 0 saturated carbocycles. The van der Waals surface area contributed by atoms with Gasteiger partial charge in [-0.25, -0.2) is 0 Å². The van der Waals surface area contributed by atoms with Gasteiger partial charge < -0.3 is 9.64 Å². The first-order valence-electron chi connectivity index (χ1n) is 6.08. The summed E-state index contributed by atoms with van der Waals surface area (Å²) in [6.45, 7) is 5.01. The summed E-state index contributed by atoms with van der Waals surface area (Å²) >= 11 is 0. The van der Waals surface area contributed by atoms with Crippen molar-refractivity contribution >= 4 is 5.78 Å². The fraction of sp³-hybridized carbons (Fsp3) is 0.667. The molecule has 1 fully saturated rings. The van der Waals surface area contributed by atoms with E-state index in [9.17, 15) is 4.79 Å². The Morgan fingerprint density at radius 3 is 3.18 bits per heavy atom. The van der Waals surface area contributed by atoms with E-state index in [1.54, 1.807) is 16.9 Å². The van der Waals surface area contributed by atoms with Gasteiger partial charge in [0.15, 0.2) is 0 Å². The summed E-state index contributed by atoms with van der Waals surface area (Å²) < 4.78 is 7.30. The summed E-state index contributed by atoms with van der Waals surface area (Å²) in [6, 6.07) is 1.77. The molecule has 17 heavy (non-hydrogen) atoms. The van der Waals surface area contributed by atoms with Crippen molar-refractivity contribution in [2.24, 2.45) is 0 Å². The number of aromatic nitrogens is 2. The van der Waals surface area contributed by atoms with Crippen LogP contribution >= 0.6 is 0 Å². The number of carbonyl (C=O) groups is 1. The predicted molar refractivity (Wildman–Crippen MR) is 64.1 cm³/mol. The molecule has 0 spiro atoms. The average Bonchev–Trinajstić information content (AvgIpc) is 2.77. The summed E-state index contributed by atoms with van der Waals surface area (Å²) in [5.74, 6) is 0.0440. The van der Waals surface area contributed by atoms with Crippen LogP contribution in [0, 0.1) is 0 Å². The van der Waals surface area contributed by atoms with E-state index >= 15 is 0 Å². The van der Waals surface area contributed by atoms with Crippen molar-refractivity contribution < 1.29 is 9.53 Å². The van der Waals surface area contributed by atoms with Gasteiger partial charge in [0.25, 0.3) is 0 Å². The second-order valence-corrected chi connectivity index (χ2v) is 4.43. The Bertz CT molecular complexity index is 389. The molecule has 0 aliphatic carbocycles. The Morgan fingerprint density at radius 2 is 2.47 bits per heavy atom. The molecule has 5 heteroatoms. The van der Waals surface area contributed by atoms with Gasteiger partial charge in [0.1, 0.15) is 11.8 Å². The van der Waals surface area contributed by atoms with E-state index in [-0.39, 0.29) is 11.9 Å². The number of likely N-dealkylation sites (N-methyl/N-ethyl adjacent to an activating group) is 1. The van der Waals surface area contributed by atoms with Crippen LogP contribution < -0.4 is 0 Å². The zero-order chi connectivity index (χ0) is 12.3. The van der Waals surface area contributed by atoms with Crippen LogP contribution in [-0.4, -0.2) is 53.3 Å². The molecule has 1 aromatic rings. The van der Waals surface area contributed by atoms with Crippen LogP contribution in [0.4, 0.5) is 0 Å². The van der Waals surface area contributed by atoms with Gasteiger partial charge in [-0.3, -0.25) is 9.48 Å². The molecule has 1 atom stereocenters. The summed E-state index contributed by atoms with van der Waals surface area (Å²) in [7, 11) is 2.01. The topological polar surface area (TPSA) is 47.4 Å². The molecule has 1 aliphatic heterocycles. The number of hydrogen-bond donors (Lipinski definition) is 0. The lowest BCUT2D eigenvalue weighted by Crippen LogP contribution is -2.44. The van der Waals surface area contributed by atoms with Crippen molar-refractivity contribution in [3.63, 3.8) is 0 Å². The standard InChI is InChI=1S/C12H19N3O2/c1-3-6-15-10(4-5-13-15)12(16)11-9-14(2)7-8-17-11/h4-5,11H,3,6-9H2,1-2H3. The fourth-order valence-electron chi connectivity index (χ4n) is 2.03. The Labute approximate surface area is 101 Å². The number of aryl methyl sites for hydroxylation is 1. The van der Waals surface area contributed by atoms with Crippen LogP contribution in [0.3, 0.4) is 0 Å². The Morgan fingerprint density at radius 1 is 1.65 bits per heavy atom. The van der Waals surface area contributed by atoms with Gasteiger partial charge in [0.05, 0.1) is 6.61 Å². The van der Waals surface area contributed by atoms with Gasteiger partial charge >= 0.3 is 0 Å². The predicted octanol–water partition coefficient (Wildman–Crippen LogP) is 0.806. The van der Waals surface area contributed by atoms with Gasteiger partial charge in [-0.15, -0.1) is 0 Å². The second kappa shape index (κ2) is 5.42. The number of hydrogen-bond acceptors (Lipinski definition) is 4. The monoisotopic (exact) mass is 237 g/mol. The molecular weight excluding hydrogens is 218 g/mol. The first-order valence-corrected chi connectivity index (χ1v) is 6.08. The van der Waals surface area contributed by atoms with Gasteiger partial charge in [0.2, 0.25) is 5.78 Å². The van der Waals surface area contributed by atoms with Crippen molar-refractivity contribution in [3.05, 3.63) is 18.0 Å². The molecule has 1 saturated heterocycles. The fourth-order valence-corrected chi connectivity index (χ4v) is 2.03. The van der Waals surface area contributed by atoms with Gasteiger partial charge in [0, 0.05) is 25.8 Å². The molecule has 1 aromatic heterocycles. The maximum Gasteiger partial charge on any atom is 0.210 e. The molecular formula is C12H19N3O2. The minimum Gasteiger partial charge on any atom is -0.367 e. The lowest BCUT2D eigenvalue weighted by Gasteiger charge is -2.29. The molecule has 0 amide bonds. The minimum atomic E-state index is -0.346. The number of carbonyl (C=O) groups excluding carboxylic acids is 1. The van der Waals surface area contributed by atoms with Gasteiger partial charge in [-0.05, 0) is 19.5 Å². The number of nitrogens with zero attached hydrogens (tertiary/aromatic N) is 3. The number of rotatable bonds is 4. The van der Waals surface area contributed by atoms with Crippen LogP contribution in [0.25, 0.3) is 0 Å². The van der Waals surface area contributed by atoms with E-state index in [1.165, 1.54) is 0 Å². The van der Waals surface area contributed by atoms with Crippen molar-refractivity contribution in [2.75, 3.05) is 26.7 Å². The first kappa shape index (κ1) is 12.3. The van der Waals surface area contributed by atoms with E-state index in [1.807, 2.05) is 7.05 Å². The summed E-state index contributed by atoms with van der Waals surface area (Å²) in [5, 5.41) is 4.17. The lowest BCUT2D eigenvalue weighted by atomic mass is 10.1. The van der Waals surface area contributed by atoms with E-state index in [0.717, 1.165) is 19.5 Å². The third-order valence-corrected chi connectivity index (χ3v) is 2.97. The first-order chi connectivity index (χ1) is 8.22.